The van der Waals surface area contributed by atoms with Gasteiger partial charge in [-0.05, 0) is 80.6 Å². The Hall–Kier alpha value is -0.350. The molecule has 4 heteroatoms. The minimum absolute atomic E-state index is 0.399. The van der Waals surface area contributed by atoms with Gasteiger partial charge in [0.25, 0.3) is 0 Å². The van der Waals surface area contributed by atoms with E-state index in [9.17, 15) is 0 Å². The lowest BCUT2D eigenvalue weighted by molar-refractivity contribution is 0.545. The summed E-state index contributed by atoms with van der Waals surface area (Å²) in [6.45, 7) is 3.04. The summed E-state index contributed by atoms with van der Waals surface area (Å²) in [4.78, 5) is 0. The third-order valence-electron chi connectivity index (χ3n) is 3.07. The third kappa shape index (κ3) is 4.88. The van der Waals surface area contributed by atoms with Gasteiger partial charge in [0.05, 0.1) is 0 Å². The highest BCUT2D eigenvalue weighted by atomic mass is 79.9. The van der Waals surface area contributed by atoms with Crippen LogP contribution in [0, 0.1) is 0 Å². The van der Waals surface area contributed by atoms with Crippen molar-refractivity contribution in [2.24, 2.45) is 0 Å². The van der Waals surface area contributed by atoms with Gasteiger partial charge in [0.1, 0.15) is 0 Å². The van der Waals surface area contributed by atoms with E-state index in [1.54, 1.807) is 0 Å². The molecule has 1 atom stereocenters. The molecule has 0 aliphatic carbocycles. The van der Waals surface area contributed by atoms with Crippen LogP contribution in [0.2, 0.25) is 5.02 Å². The Bertz CT molecular complexity index is 586. The molecule has 0 heterocycles. The zero-order valence-electron chi connectivity index (χ0n) is 11.2. The van der Waals surface area contributed by atoms with E-state index in [1.807, 2.05) is 18.2 Å². The van der Waals surface area contributed by atoms with Crippen LogP contribution in [0.15, 0.2) is 51.4 Å². The van der Waals surface area contributed by atoms with Gasteiger partial charge >= 0.3 is 0 Å². The highest BCUT2D eigenvalue weighted by Gasteiger charge is 2.05. The van der Waals surface area contributed by atoms with Crippen LogP contribution in [0.25, 0.3) is 0 Å². The molecule has 106 valence electrons. The summed E-state index contributed by atoms with van der Waals surface area (Å²) >= 11 is 13.0. The molecule has 0 fully saturated rings. The number of halogens is 3. The van der Waals surface area contributed by atoms with Crippen molar-refractivity contribution in [3.05, 3.63) is 67.6 Å². The van der Waals surface area contributed by atoms with E-state index in [1.165, 1.54) is 11.1 Å². The standard InChI is InChI=1S/C16H16Br2ClN/c1-11(7-12-3-2-4-14(19)8-12)20-10-13-5-6-15(17)16(18)9-13/h2-6,8-9,11,20H,7,10H2,1H3. The third-order valence-corrected chi connectivity index (χ3v) is 5.18. The second-order valence-corrected chi connectivity index (χ2v) is 7.01. The van der Waals surface area contributed by atoms with Crippen molar-refractivity contribution in [1.82, 2.24) is 5.32 Å². The first-order chi connectivity index (χ1) is 9.54. The molecular weight excluding hydrogens is 401 g/mol. The van der Waals surface area contributed by atoms with Crippen LogP contribution in [0.5, 0.6) is 0 Å². The summed E-state index contributed by atoms with van der Waals surface area (Å²) in [5.74, 6) is 0. The fourth-order valence-corrected chi connectivity index (χ4v) is 2.92. The van der Waals surface area contributed by atoms with Gasteiger partial charge in [-0.1, -0.05) is 29.8 Å². The molecule has 0 amide bonds. The van der Waals surface area contributed by atoms with Crippen molar-refractivity contribution in [2.45, 2.75) is 25.9 Å². The van der Waals surface area contributed by atoms with E-state index >= 15 is 0 Å². The SMILES string of the molecule is CC(Cc1cccc(Cl)c1)NCc1ccc(Br)c(Br)c1. The number of nitrogens with one attached hydrogen (secondary N) is 1. The van der Waals surface area contributed by atoms with E-state index < -0.39 is 0 Å². The van der Waals surface area contributed by atoms with Crippen LogP contribution in [0.1, 0.15) is 18.1 Å². The predicted octanol–water partition coefficient (Wildman–Crippen LogP) is 5.59. The van der Waals surface area contributed by atoms with Crippen LogP contribution in [-0.2, 0) is 13.0 Å². The van der Waals surface area contributed by atoms with E-state index in [-0.39, 0.29) is 0 Å². The Morgan fingerprint density at radius 3 is 2.55 bits per heavy atom. The van der Waals surface area contributed by atoms with Gasteiger partial charge in [0.15, 0.2) is 0 Å². The first-order valence-corrected chi connectivity index (χ1v) is 8.43. The monoisotopic (exact) mass is 415 g/mol. The van der Waals surface area contributed by atoms with Gasteiger partial charge in [-0.3, -0.25) is 0 Å². The second-order valence-electron chi connectivity index (χ2n) is 4.86. The lowest BCUT2D eigenvalue weighted by Crippen LogP contribution is -2.27. The van der Waals surface area contributed by atoms with Crippen molar-refractivity contribution in [2.75, 3.05) is 0 Å². The number of hydrogen-bond acceptors (Lipinski definition) is 1. The van der Waals surface area contributed by atoms with E-state index in [4.69, 9.17) is 11.6 Å². The predicted molar refractivity (Wildman–Crippen MR) is 93.3 cm³/mol. The zero-order chi connectivity index (χ0) is 14.5. The van der Waals surface area contributed by atoms with Crippen molar-refractivity contribution < 1.29 is 0 Å². The Morgan fingerprint density at radius 2 is 1.85 bits per heavy atom. The molecule has 0 aromatic heterocycles. The molecule has 0 bridgehead atoms. The Morgan fingerprint density at radius 1 is 1.05 bits per heavy atom. The molecule has 0 saturated carbocycles. The molecule has 1 unspecified atom stereocenters. The minimum Gasteiger partial charge on any atom is -0.310 e. The summed E-state index contributed by atoms with van der Waals surface area (Å²) < 4.78 is 2.16. The fourth-order valence-electron chi connectivity index (χ4n) is 2.03. The smallest absolute Gasteiger partial charge is 0.0408 e. The van der Waals surface area contributed by atoms with E-state index in [0.717, 1.165) is 26.9 Å². The zero-order valence-corrected chi connectivity index (χ0v) is 15.1. The second kappa shape index (κ2) is 7.60. The lowest BCUT2D eigenvalue weighted by atomic mass is 10.1. The molecule has 2 aromatic rings. The van der Waals surface area contributed by atoms with E-state index in [0.29, 0.717) is 6.04 Å². The van der Waals surface area contributed by atoms with Crippen LogP contribution >= 0.6 is 43.5 Å². The molecule has 0 aliphatic heterocycles. The minimum atomic E-state index is 0.399. The molecule has 2 aromatic carbocycles. The molecule has 0 radical (unpaired) electrons. The van der Waals surface area contributed by atoms with Gasteiger partial charge in [-0.2, -0.15) is 0 Å². The molecular formula is C16H16Br2ClN. The highest BCUT2D eigenvalue weighted by molar-refractivity contribution is 9.13. The van der Waals surface area contributed by atoms with Gasteiger partial charge in [0.2, 0.25) is 0 Å². The highest BCUT2D eigenvalue weighted by Crippen LogP contribution is 2.23. The Kier molecular flexibility index (Phi) is 6.09. The summed E-state index contributed by atoms with van der Waals surface area (Å²) in [6.07, 6.45) is 0.970. The van der Waals surface area contributed by atoms with Crippen molar-refractivity contribution in [1.29, 1.82) is 0 Å². The summed E-state index contributed by atoms with van der Waals surface area (Å²) in [6, 6.07) is 14.7. The maximum Gasteiger partial charge on any atom is 0.0408 e. The number of hydrogen-bond donors (Lipinski definition) is 1. The lowest BCUT2D eigenvalue weighted by Gasteiger charge is -2.14. The quantitative estimate of drug-likeness (QED) is 0.669. The molecule has 0 spiro atoms. The molecule has 20 heavy (non-hydrogen) atoms. The van der Waals surface area contributed by atoms with Crippen LogP contribution < -0.4 is 5.32 Å². The van der Waals surface area contributed by atoms with Crippen LogP contribution in [0.3, 0.4) is 0 Å². The number of rotatable bonds is 5. The van der Waals surface area contributed by atoms with Gasteiger partial charge in [-0.15, -0.1) is 0 Å². The summed E-state index contributed by atoms with van der Waals surface area (Å²) in [7, 11) is 0. The average molecular weight is 418 g/mol. The van der Waals surface area contributed by atoms with Crippen molar-refractivity contribution in [3.63, 3.8) is 0 Å². The maximum absolute atomic E-state index is 6.00. The summed E-state index contributed by atoms with van der Waals surface area (Å²) in [5.41, 5.74) is 2.52. The molecule has 2 rings (SSSR count). The largest absolute Gasteiger partial charge is 0.310 e. The Balaban J connectivity index is 1.88. The van der Waals surface area contributed by atoms with Gasteiger partial charge in [-0.25, -0.2) is 0 Å². The maximum atomic E-state index is 6.00. The molecule has 1 N–H and O–H groups in total. The average Bonchev–Trinajstić information content (AvgIpc) is 2.40. The first kappa shape index (κ1) is 16.0. The molecule has 1 nitrogen and oxygen atoms in total. The van der Waals surface area contributed by atoms with Crippen LogP contribution in [-0.4, -0.2) is 6.04 Å². The molecule has 0 saturated heterocycles. The Labute approximate surface area is 142 Å². The summed E-state index contributed by atoms with van der Waals surface area (Å²) in [5, 5.41) is 4.33. The first-order valence-electron chi connectivity index (χ1n) is 6.46. The normalized spacial score (nSPS) is 12.4. The fraction of sp³-hybridized carbons (Fsp3) is 0.250. The van der Waals surface area contributed by atoms with Crippen molar-refractivity contribution >= 4 is 43.5 Å². The van der Waals surface area contributed by atoms with Gasteiger partial charge in [0, 0.05) is 26.6 Å². The van der Waals surface area contributed by atoms with Crippen molar-refractivity contribution in [3.8, 4) is 0 Å². The van der Waals surface area contributed by atoms with Crippen LogP contribution in [0.4, 0.5) is 0 Å². The van der Waals surface area contributed by atoms with Gasteiger partial charge < -0.3 is 5.32 Å². The topological polar surface area (TPSA) is 12.0 Å². The van der Waals surface area contributed by atoms with E-state index in [2.05, 4.69) is 68.4 Å². The molecule has 0 aliphatic rings. The number of benzene rings is 2.